The Morgan fingerprint density at radius 1 is 1.08 bits per heavy atom. The smallest absolute Gasteiger partial charge is 0.191 e. The molecule has 0 aliphatic heterocycles. The molecule has 6 heteroatoms. The predicted octanol–water partition coefficient (Wildman–Crippen LogP) is 3.80. The van der Waals surface area contributed by atoms with Crippen LogP contribution in [0.5, 0.6) is 5.75 Å². The number of hydrogen-bond acceptors (Lipinski definition) is 5. The average molecular weight is 355 g/mol. The molecule has 0 saturated heterocycles. The third-order valence-corrected chi connectivity index (χ3v) is 4.98. The van der Waals surface area contributed by atoms with Gasteiger partial charge in [-0.2, -0.15) is 0 Å². The molecule has 1 aromatic heterocycles. The van der Waals surface area contributed by atoms with E-state index >= 15 is 0 Å². The summed E-state index contributed by atoms with van der Waals surface area (Å²) in [5.74, 6) is 2.07. The van der Waals surface area contributed by atoms with Crippen molar-refractivity contribution in [1.29, 1.82) is 0 Å². The predicted molar refractivity (Wildman–Crippen MR) is 99.8 cm³/mol. The summed E-state index contributed by atoms with van der Waals surface area (Å²) in [4.78, 5) is 0. The summed E-state index contributed by atoms with van der Waals surface area (Å²) in [6.07, 6.45) is -0.539. The minimum atomic E-state index is -0.539. The Kier molecular flexibility index (Phi) is 5.73. The largest absolute Gasteiger partial charge is 0.496 e. The molecule has 0 radical (unpaired) electrons. The third kappa shape index (κ3) is 3.86. The molecule has 0 aliphatic rings. The summed E-state index contributed by atoms with van der Waals surface area (Å²) in [5, 5.41) is 19.8. The third-order valence-electron chi connectivity index (χ3n) is 3.94. The van der Waals surface area contributed by atoms with Gasteiger partial charge in [-0.15, -0.1) is 10.2 Å². The first-order chi connectivity index (χ1) is 12.2. The monoisotopic (exact) mass is 355 g/mol. The fraction of sp³-hybridized carbons (Fsp3) is 0.263. The van der Waals surface area contributed by atoms with Crippen LogP contribution in [0.2, 0.25) is 0 Å². The highest BCUT2D eigenvalue weighted by molar-refractivity contribution is 7.99. The molecule has 3 rings (SSSR count). The van der Waals surface area contributed by atoms with E-state index in [9.17, 15) is 5.11 Å². The van der Waals surface area contributed by atoms with Gasteiger partial charge < -0.3 is 14.4 Å². The number of ether oxygens (including phenoxy) is 1. The van der Waals surface area contributed by atoms with Gasteiger partial charge in [-0.25, -0.2) is 0 Å². The maximum absolute atomic E-state index is 10.4. The zero-order chi connectivity index (χ0) is 17.6. The molecule has 0 fully saturated rings. The van der Waals surface area contributed by atoms with E-state index in [1.807, 2.05) is 59.2 Å². The quantitative estimate of drug-likeness (QED) is 0.653. The maximum Gasteiger partial charge on any atom is 0.191 e. The van der Waals surface area contributed by atoms with Gasteiger partial charge in [0.25, 0.3) is 0 Å². The summed E-state index contributed by atoms with van der Waals surface area (Å²) in [6, 6.07) is 17.4. The van der Waals surface area contributed by atoms with Crippen molar-refractivity contribution in [3.05, 3.63) is 60.2 Å². The second-order valence-corrected chi connectivity index (χ2v) is 6.48. The van der Waals surface area contributed by atoms with E-state index in [2.05, 4.69) is 17.1 Å². The number of methoxy groups -OCH3 is 1. The molecule has 5 nitrogen and oxygen atoms in total. The van der Waals surface area contributed by atoms with Crippen LogP contribution in [-0.4, -0.2) is 32.7 Å². The lowest BCUT2D eigenvalue weighted by Gasteiger charge is -2.12. The highest BCUT2D eigenvalue weighted by Gasteiger charge is 2.17. The molecule has 1 heterocycles. The zero-order valence-corrected chi connectivity index (χ0v) is 15.1. The Morgan fingerprint density at radius 2 is 1.80 bits per heavy atom. The molecule has 130 valence electrons. The molecule has 0 spiro atoms. The van der Waals surface area contributed by atoms with Gasteiger partial charge in [-0.05, 0) is 24.6 Å². The molecule has 1 unspecified atom stereocenters. The molecule has 0 amide bonds. The number of aliphatic hydroxyl groups is 1. The summed E-state index contributed by atoms with van der Waals surface area (Å²) < 4.78 is 7.48. The second kappa shape index (κ2) is 8.18. The van der Waals surface area contributed by atoms with E-state index in [-0.39, 0.29) is 0 Å². The molecule has 0 bridgehead atoms. The van der Waals surface area contributed by atoms with Crippen LogP contribution in [0.4, 0.5) is 0 Å². The Hall–Kier alpha value is -2.31. The second-order valence-electron chi connectivity index (χ2n) is 5.49. The number of nitrogens with zero attached hydrogens (tertiary/aromatic N) is 3. The number of hydrogen-bond donors (Lipinski definition) is 1. The lowest BCUT2D eigenvalue weighted by Crippen LogP contribution is -2.04. The Morgan fingerprint density at radius 3 is 2.52 bits per heavy atom. The van der Waals surface area contributed by atoms with Crippen LogP contribution in [0, 0.1) is 0 Å². The molecule has 3 aromatic rings. The van der Waals surface area contributed by atoms with Crippen LogP contribution in [-0.2, 0) is 6.54 Å². The van der Waals surface area contributed by atoms with Crippen molar-refractivity contribution < 1.29 is 9.84 Å². The van der Waals surface area contributed by atoms with Crippen LogP contribution in [0.3, 0.4) is 0 Å². The number of aliphatic hydroxyl groups excluding tert-OH is 1. The van der Waals surface area contributed by atoms with Crippen LogP contribution >= 0.6 is 11.8 Å². The van der Waals surface area contributed by atoms with Gasteiger partial charge in [-0.3, -0.25) is 0 Å². The van der Waals surface area contributed by atoms with Crippen molar-refractivity contribution in [1.82, 2.24) is 14.8 Å². The van der Waals surface area contributed by atoms with Gasteiger partial charge in [0, 0.05) is 12.3 Å². The summed E-state index contributed by atoms with van der Waals surface area (Å²) in [7, 11) is 1.65. The van der Waals surface area contributed by atoms with Crippen molar-refractivity contribution >= 4 is 11.8 Å². The molecular weight excluding hydrogens is 334 g/mol. The minimum Gasteiger partial charge on any atom is -0.496 e. The number of thioether (sulfide) groups is 1. The van der Waals surface area contributed by atoms with E-state index in [4.69, 9.17) is 4.74 Å². The van der Waals surface area contributed by atoms with E-state index in [0.717, 1.165) is 34.4 Å². The molecular formula is C19H21N3O2S. The molecule has 1 N–H and O–H groups in total. The maximum atomic E-state index is 10.4. The van der Waals surface area contributed by atoms with Crippen LogP contribution in [0.1, 0.15) is 18.6 Å². The Labute approximate surface area is 151 Å². The zero-order valence-electron chi connectivity index (χ0n) is 14.3. The Balaban J connectivity index is 1.81. The molecule has 0 aliphatic carbocycles. The molecule has 1 atom stereocenters. The normalized spacial score (nSPS) is 12.1. The SMILES string of the molecule is CCn1c(SCC(O)c2ccccc2)nnc1-c1ccccc1OC. The van der Waals surface area contributed by atoms with Gasteiger partial charge in [0.2, 0.25) is 0 Å². The summed E-state index contributed by atoms with van der Waals surface area (Å²) in [6.45, 7) is 2.80. The van der Waals surface area contributed by atoms with E-state index < -0.39 is 6.10 Å². The summed E-state index contributed by atoms with van der Waals surface area (Å²) in [5.41, 5.74) is 1.82. The van der Waals surface area contributed by atoms with Crippen molar-refractivity contribution in [3.8, 4) is 17.1 Å². The first-order valence-corrected chi connectivity index (χ1v) is 9.15. The van der Waals surface area contributed by atoms with Gasteiger partial charge in [0.15, 0.2) is 11.0 Å². The van der Waals surface area contributed by atoms with Crippen molar-refractivity contribution in [2.45, 2.75) is 24.7 Å². The number of aromatic nitrogens is 3. The number of rotatable bonds is 7. The van der Waals surface area contributed by atoms with Crippen molar-refractivity contribution in [3.63, 3.8) is 0 Å². The molecule has 25 heavy (non-hydrogen) atoms. The first kappa shape index (κ1) is 17.5. The lowest BCUT2D eigenvalue weighted by molar-refractivity contribution is 0.204. The van der Waals surface area contributed by atoms with Gasteiger partial charge >= 0.3 is 0 Å². The van der Waals surface area contributed by atoms with Crippen molar-refractivity contribution in [2.24, 2.45) is 0 Å². The van der Waals surface area contributed by atoms with Gasteiger partial charge in [0.1, 0.15) is 5.75 Å². The van der Waals surface area contributed by atoms with E-state index in [1.165, 1.54) is 11.8 Å². The van der Waals surface area contributed by atoms with Crippen LogP contribution in [0.25, 0.3) is 11.4 Å². The number of para-hydroxylation sites is 1. The van der Waals surface area contributed by atoms with Crippen LogP contribution < -0.4 is 4.74 Å². The fourth-order valence-electron chi connectivity index (χ4n) is 2.63. The molecule has 0 saturated carbocycles. The topological polar surface area (TPSA) is 60.2 Å². The average Bonchev–Trinajstić information content (AvgIpc) is 3.09. The highest BCUT2D eigenvalue weighted by Crippen LogP contribution is 2.31. The fourth-order valence-corrected chi connectivity index (χ4v) is 3.60. The van der Waals surface area contributed by atoms with Crippen molar-refractivity contribution in [2.75, 3.05) is 12.9 Å². The standard InChI is InChI=1S/C19H21N3O2S/c1-3-22-18(15-11-7-8-12-17(15)24-2)20-21-19(22)25-13-16(23)14-9-5-4-6-10-14/h4-12,16,23H,3,13H2,1-2H3. The minimum absolute atomic E-state index is 0.522. The van der Waals surface area contributed by atoms with Gasteiger partial charge in [0.05, 0.1) is 18.8 Å². The van der Waals surface area contributed by atoms with Gasteiger partial charge in [-0.1, -0.05) is 54.2 Å². The van der Waals surface area contributed by atoms with E-state index in [0.29, 0.717) is 5.75 Å². The highest BCUT2D eigenvalue weighted by atomic mass is 32.2. The van der Waals surface area contributed by atoms with E-state index in [1.54, 1.807) is 7.11 Å². The molecule has 2 aromatic carbocycles. The Bertz CT molecular complexity index is 821. The summed E-state index contributed by atoms with van der Waals surface area (Å²) >= 11 is 1.50. The first-order valence-electron chi connectivity index (χ1n) is 8.17. The lowest BCUT2D eigenvalue weighted by atomic mass is 10.1. The van der Waals surface area contributed by atoms with Crippen LogP contribution in [0.15, 0.2) is 59.8 Å². The number of benzene rings is 2.